The zero-order valence-corrected chi connectivity index (χ0v) is 14.2. The number of sulfone groups is 1. The minimum absolute atomic E-state index is 0.0436. The van der Waals surface area contributed by atoms with Crippen molar-refractivity contribution in [3.8, 4) is 0 Å². The minimum Gasteiger partial charge on any atom is -0.367 e. The second kappa shape index (κ2) is 6.36. The molecule has 0 aliphatic carbocycles. The molecule has 4 nitrogen and oxygen atoms in total. The van der Waals surface area contributed by atoms with Crippen LogP contribution in [0.15, 0.2) is 18.2 Å². The van der Waals surface area contributed by atoms with E-state index in [1.54, 1.807) is 0 Å². The quantitative estimate of drug-likeness (QED) is 0.925. The van der Waals surface area contributed by atoms with Crippen molar-refractivity contribution in [1.29, 1.82) is 0 Å². The van der Waals surface area contributed by atoms with Crippen molar-refractivity contribution in [3.05, 3.63) is 29.3 Å². The summed E-state index contributed by atoms with van der Waals surface area (Å²) < 4.78 is 23.4. The molecule has 1 aliphatic heterocycles. The fourth-order valence-corrected chi connectivity index (χ4v) is 4.38. The molecule has 0 bridgehead atoms. The molecule has 1 N–H and O–H groups in total. The molecule has 0 aromatic heterocycles. The molecule has 1 aromatic carbocycles. The van der Waals surface area contributed by atoms with Gasteiger partial charge in [-0.1, -0.05) is 26.0 Å². The van der Waals surface area contributed by atoms with Gasteiger partial charge in [-0.15, -0.1) is 0 Å². The van der Waals surface area contributed by atoms with Gasteiger partial charge in [0.25, 0.3) is 0 Å². The first-order valence-corrected chi connectivity index (χ1v) is 9.40. The first-order valence-electron chi connectivity index (χ1n) is 7.58. The Balaban J connectivity index is 2.14. The van der Waals surface area contributed by atoms with Crippen molar-refractivity contribution in [2.24, 2.45) is 0 Å². The number of hydrogen-bond acceptors (Lipinski definition) is 4. The Hall–Kier alpha value is -1.07. The van der Waals surface area contributed by atoms with Crippen LogP contribution in [-0.2, 0) is 16.4 Å². The highest BCUT2D eigenvalue weighted by Crippen LogP contribution is 2.26. The van der Waals surface area contributed by atoms with Gasteiger partial charge in [-0.25, -0.2) is 8.42 Å². The molecule has 1 aromatic rings. The summed E-state index contributed by atoms with van der Waals surface area (Å²) >= 11 is 0. The van der Waals surface area contributed by atoms with E-state index in [-0.39, 0.29) is 17.5 Å². The van der Waals surface area contributed by atoms with Crippen LogP contribution in [0.2, 0.25) is 0 Å². The molecule has 0 amide bonds. The number of aryl methyl sites for hydroxylation is 1. The predicted molar refractivity (Wildman–Crippen MR) is 88.6 cm³/mol. The Morgan fingerprint density at radius 2 is 2.10 bits per heavy atom. The molecular formula is C16H26N2O2S. The number of nitrogens with one attached hydrogen (secondary N) is 1. The van der Waals surface area contributed by atoms with Gasteiger partial charge >= 0.3 is 0 Å². The van der Waals surface area contributed by atoms with Gasteiger partial charge in [-0.3, -0.25) is 0 Å². The Morgan fingerprint density at radius 3 is 2.67 bits per heavy atom. The van der Waals surface area contributed by atoms with Crippen LogP contribution in [0.25, 0.3) is 0 Å². The average Bonchev–Trinajstić information content (AvgIpc) is 2.36. The molecule has 1 fully saturated rings. The highest BCUT2D eigenvalue weighted by Gasteiger charge is 2.28. The summed E-state index contributed by atoms with van der Waals surface area (Å²) in [5, 5.41) is 3.41. The molecule has 1 unspecified atom stereocenters. The Kier molecular flexibility index (Phi) is 4.94. The fraction of sp³-hybridized carbons (Fsp3) is 0.625. The van der Waals surface area contributed by atoms with E-state index >= 15 is 0 Å². The molecule has 1 aliphatic rings. The zero-order chi connectivity index (χ0) is 15.6. The lowest BCUT2D eigenvalue weighted by atomic mass is 10.1. The summed E-state index contributed by atoms with van der Waals surface area (Å²) in [6.07, 6.45) is 0. The molecular weight excluding hydrogens is 284 g/mol. The lowest BCUT2D eigenvalue weighted by Crippen LogP contribution is -2.47. The molecule has 5 heteroatoms. The van der Waals surface area contributed by atoms with Crippen molar-refractivity contribution in [1.82, 2.24) is 5.32 Å². The maximum absolute atomic E-state index is 11.7. The van der Waals surface area contributed by atoms with Crippen LogP contribution in [0.4, 0.5) is 5.69 Å². The van der Waals surface area contributed by atoms with Crippen molar-refractivity contribution in [2.45, 2.75) is 46.3 Å². The third kappa shape index (κ3) is 4.20. The smallest absolute Gasteiger partial charge is 0.154 e. The van der Waals surface area contributed by atoms with Crippen molar-refractivity contribution >= 4 is 15.5 Å². The monoisotopic (exact) mass is 310 g/mol. The van der Waals surface area contributed by atoms with Gasteiger partial charge < -0.3 is 10.2 Å². The molecule has 1 saturated heterocycles. The van der Waals surface area contributed by atoms with Crippen LogP contribution >= 0.6 is 0 Å². The highest BCUT2D eigenvalue weighted by atomic mass is 32.2. The standard InChI is InChI=1S/C16H26N2O2S/c1-12(2)17-10-15-5-6-16(13(3)9-15)18-7-8-21(19,20)11-14(18)4/h5-6,9,12,14,17H,7-8,10-11H2,1-4H3. The lowest BCUT2D eigenvalue weighted by Gasteiger charge is -2.36. The van der Waals surface area contributed by atoms with Crippen molar-refractivity contribution in [3.63, 3.8) is 0 Å². The molecule has 1 atom stereocenters. The molecule has 0 radical (unpaired) electrons. The summed E-state index contributed by atoms with van der Waals surface area (Å²) in [6.45, 7) is 9.82. The number of nitrogens with zero attached hydrogens (tertiary/aromatic N) is 1. The Labute approximate surface area is 128 Å². The predicted octanol–water partition coefficient (Wildman–Crippen LogP) is 2.12. The van der Waals surface area contributed by atoms with E-state index in [1.165, 1.54) is 11.1 Å². The first kappa shape index (κ1) is 16.3. The molecule has 1 heterocycles. The maximum atomic E-state index is 11.7. The zero-order valence-electron chi connectivity index (χ0n) is 13.4. The van der Waals surface area contributed by atoms with Crippen LogP contribution in [0.1, 0.15) is 31.9 Å². The molecule has 21 heavy (non-hydrogen) atoms. The van der Waals surface area contributed by atoms with Crippen LogP contribution in [0.3, 0.4) is 0 Å². The van der Waals surface area contributed by atoms with Gasteiger partial charge in [0.2, 0.25) is 0 Å². The van der Waals surface area contributed by atoms with E-state index in [9.17, 15) is 8.42 Å². The minimum atomic E-state index is -2.86. The van der Waals surface area contributed by atoms with Crippen LogP contribution < -0.4 is 10.2 Å². The second-order valence-corrected chi connectivity index (χ2v) is 8.54. The van der Waals surface area contributed by atoms with Gasteiger partial charge in [0, 0.05) is 30.9 Å². The Morgan fingerprint density at radius 1 is 1.38 bits per heavy atom. The van der Waals surface area contributed by atoms with E-state index in [0.29, 0.717) is 12.6 Å². The SMILES string of the molecule is Cc1cc(CNC(C)C)ccc1N1CCS(=O)(=O)CC1C. The summed E-state index contributed by atoms with van der Waals surface area (Å²) in [4.78, 5) is 2.22. The fourth-order valence-electron chi connectivity index (χ4n) is 2.83. The van der Waals surface area contributed by atoms with Crippen molar-refractivity contribution < 1.29 is 8.42 Å². The van der Waals surface area contributed by atoms with Gasteiger partial charge in [0.15, 0.2) is 9.84 Å². The first-order chi connectivity index (χ1) is 9.78. The number of hydrogen-bond donors (Lipinski definition) is 1. The summed E-state index contributed by atoms with van der Waals surface area (Å²) in [6, 6.07) is 6.97. The van der Waals surface area contributed by atoms with Gasteiger partial charge in [0.05, 0.1) is 11.5 Å². The molecule has 0 spiro atoms. The topological polar surface area (TPSA) is 49.4 Å². The van der Waals surface area contributed by atoms with E-state index in [0.717, 1.165) is 12.2 Å². The summed E-state index contributed by atoms with van der Waals surface area (Å²) in [7, 11) is -2.86. The largest absolute Gasteiger partial charge is 0.367 e. The Bertz CT molecular complexity index is 596. The van der Waals surface area contributed by atoms with Crippen LogP contribution in [0, 0.1) is 6.92 Å². The number of benzene rings is 1. The van der Waals surface area contributed by atoms with Crippen LogP contribution in [-0.4, -0.2) is 38.6 Å². The van der Waals surface area contributed by atoms with Gasteiger partial charge in [0.1, 0.15) is 0 Å². The van der Waals surface area contributed by atoms with Crippen molar-refractivity contribution in [2.75, 3.05) is 23.0 Å². The maximum Gasteiger partial charge on any atom is 0.154 e. The molecule has 118 valence electrons. The van der Waals surface area contributed by atoms with Gasteiger partial charge in [-0.05, 0) is 31.0 Å². The third-order valence-corrected chi connectivity index (χ3v) is 5.75. The molecule has 2 rings (SSSR count). The lowest BCUT2D eigenvalue weighted by molar-refractivity contribution is 0.568. The van der Waals surface area contributed by atoms with Crippen LogP contribution in [0.5, 0.6) is 0 Å². The summed E-state index contributed by atoms with van der Waals surface area (Å²) in [5.74, 6) is 0.510. The van der Waals surface area contributed by atoms with E-state index in [4.69, 9.17) is 0 Å². The van der Waals surface area contributed by atoms with Gasteiger partial charge in [-0.2, -0.15) is 0 Å². The molecule has 0 saturated carbocycles. The highest BCUT2D eigenvalue weighted by molar-refractivity contribution is 7.91. The number of rotatable bonds is 4. The summed E-state index contributed by atoms with van der Waals surface area (Å²) in [5.41, 5.74) is 3.64. The number of anilines is 1. The van der Waals surface area contributed by atoms with E-state index in [1.807, 2.05) is 6.92 Å². The normalized spacial score (nSPS) is 21.8. The second-order valence-electron chi connectivity index (χ2n) is 6.31. The van der Waals surface area contributed by atoms with E-state index < -0.39 is 9.84 Å². The van der Waals surface area contributed by atoms with E-state index in [2.05, 4.69) is 49.2 Å². The third-order valence-electron chi connectivity index (χ3n) is 3.96. The average molecular weight is 310 g/mol.